The largest absolute Gasteiger partial charge is 0.347 e. The van der Waals surface area contributed by atoms with Gasteiger partial charge in [0, 0.05) is 15.3 Å². The third-order valence-electron chi connectivity index (χ3n) is 3.16. The molecule has 3 rings (SSSR count). The van der Waals surface area contributed by atoms with Crippen molar-refractivity contribution in [2.24, 2.45) is 0 Å². The van der Waals surface area contributed by atoms with Crippen LogP contribution in [0.2, 0.25) is 0 Å². The molecule has 0 aliphatic heterocycles. The van der Waals surface area contributed by atoms with Crippen molar-refractivity contribution in [1.82, 2.24) is 5.32 Å². The molecule has 2 nitrogen and oxygen atoms in total. The second-order valence-electron chi connectivity index (χ2n) is 4.70. The lowest BCUT2D eigenvalue weighted by Gasteiger charge is -2.08. The van der Waals surface area contributed by atoms with Crippen molar-refractivity contribution < 1.29 is 4.79 Å². The van der Waals surface area contributed by atoms with Crippen LogP contribution in [0.3, 0.4) is 0 Å². The smallest absolute Gasteiger partial charge is 0.252 e. The Morgan fingerprint density at radius 2 is 1.73 bits per heavy atom. The van der Waals surface area contributed by atoms with Crippen LogP contribution >= 0.6 is 22.7 Å². The minimum Gasteiger partial charge on any atom is -0.347 e. The molecule has 0 atom stereocenters. The molecule has 4 heteroatoms. The van der Waals surface area contributed by atoms with E-state index in [1.54, 1.807) is 22.7 Å². The SMILES string of the molecule is O=C(NCc1cccs1)/C(=C/c1cccs1)c1ccccc1. The van der Waals surface area contributed by atoms with Gasteiger partial charge < -0.3 is 5.32 Å². The topological polar surface area (TPSA) is 29.1 Å². The monoisotopic (exact) mass is 325 g/mol. The second-order valence-corrected chi connectivity index (χ2v) is 6.71. The predicted octanol–water partition coefficient (Wildman–Crippen LogP) is 4.67. The van der Waals surface area contributed by atoms with Crippen LogP contribution in [0.15, 0.2) is 65.4 Å². The summed E-state index contributed by atoms with van der Waals surface area (Å²) in [5.74, 6) is -0.0481. The van der Waals surface area contributed by atoms with Crippen LogP contribution in [0.25, 0.3) is 11.6 Å². The average molecular weight is 325 g/mol. The van der Waals surface area contributed by atoms with Crippen molar-refractivity contribution in [3.8, 4) is 0 Å². The standard InChI is InChI=1S/C18H15NOS2/c20-18(19-13-16-9-5-11-22-16)17(12-15-8-4-10-21-15)14-6-2-1-3-7-14/h1-12H,13H2,(H,19,20)/b17-12+. The molecular weight excluding hydrogens is 310 g/mol. The molecule has 1 amide bonds. The quantitative estimate of drug-likeness (QED) is 0.679. The van der Waals surface area contributed by atoms with Crippen LogP contribution in [-0.4, -0.2) is 5.91 Å². The highest BCUT2D eigenvalue weighted by Crippen LogP contribution is 2.21. The van der Waals surface area contributed by atoms with E-state index >= 15 is 0 Å². The molecule has 22 heavy (non-hydrogen) atoms. The first-order valence-electron chi connectivity index (χ1n) is 6.94. The molecule has 0 spiro atoms. The molecule has 0 aliphatic rings. The Morgan fingerprint density at radius 3 is 2.41 bits per heavy atom. The van der Waals surface area contributed by atoms with Crippen molar-refractivity contribution in [1.29, 1.82) is 0 Å². The lowest BCUT2D eigenvalue weighted by Crippen LogP contribution is -2.23. The zero-order valence-electron chi connectivity index (χ0n) is 11.9. The van der Waals surface area contributed by atoms with Crippen molar-refractivity contribution in [3.63, 3.8) is 0 Å². The van der Waals surface area contributed by atoms with Gasteiger partial charge >= 0.3 is 0 Å². The second kappa shape index (κ2) is 7.20. The van der Waals surface area contributed by atoms with E-state index in [9.17, 15) is 4.79 Å². The summed E-state index contributed by atoms with van der Waals surface area (Å²) in [6.45, 7) is 0.561. The third kappa shape index (κ3) is 3.72. The highest BCUT2D eigenvalue weighted by atomic mass is 32.1. The predicted molar refractivity (Wildman–Crippen MR) is 94.8 cm³/mol. The van der Waals surface area contributed by atoms with Crippen molar-refractivity contribution >= 4 is 40.2 Å². The number of hydrogen-bond acceptors (Lipinski definition) is 3. The van der Waals surface area contributed by atoms with Crippen LogP contribution in [0, 0.1) is 0 Å². The molecule has 1 N–H and O–H groups in total. The van der Waals surface area contributed by atoms with Gasteiger partial charge in [0.15, 0.2) is 0 Å². The molecule has 0 bridgehead atoms. The van der Waals surface area contributed by atoms with E-state index in [0.29, 0.717) is 12.1 Å². The highest BCUT2D eigenvalue weighted by molar-refractivity contribution is 7.11. The zero-order valence-corrected chi connectivity index (χ0v) is 13.5. The Kier molecular flexibility index (Phi) is 4.83. The van der Waals surface area contributed by atoms with Gasteiger partial charge in [-0.15, -0.1) is 22.7 Å². The molecule has 1 aromatic carbocycles. The number of amides is 1. The summed E-state index contributed by atoms with van der Waals surface area (Å²) < 4.78 is 0. The summed E-state index contributed by atoms with van der Waals surface area (Å²) >= 11 is 3.27. The molecule has 3 aromatic rings. The lowest BCUT2D eigenvalue weighted by atomic mass is 10.0. The van der Waals surface area contributed by atoms with Gasteiger partial charge in [-0.2, -0.15) is 0 Å². The van der Waals surface area contributed by atoms with Crippen LogP contribution in [-0.2, 0) is 11.3 Å². The molecule has 110 valence electrons. The van der Waals surface area contributed by atoms with E-state index in [0.717, 1.165) is 15.3 Å². The summed E-state index contributed by atoms with van der Waals surface area (Å²) in [6, 6.07) is 17.8. The van der Waals surface area contributed by atoms with Gasteiger partial charge in [-0.25, -0.2) is 0 Å². The Hall–Kier alpha value is -2.17. The number of benzene rings is 1. The van der Waals surface area contributed by atoms with Gasteiger partial charge in [0.25, 0.3) is 5.91 Å². The minimum absolute atomic E-state index is 0.0481. The molecule has 0 unspecified atom stereocenters. The molecule has 2 heterocycles. The molecular formula is C18H15NOS2. The Bertz CT molecular complexity index is 744. The maximum atomic E-state index is 12.6. The summed E-state index contributed by atoms with van der Waals surface area (Å²) in [6.07, 6.45) is 1.95. The van der Waals surface area contributed by atoms with E-state index < -0.39 is 0 Å². The van der Waals surface area contributed by atoms with Gasteiger partial charge in [0.2, 0.25) is 0 Å². The first-order chi connectivity index (χ1) is 10.8. The van der Waals surface area contributed by atoms with Gasteiger partial charge in [-0.05, 0) is 34.5 Å². The maximum absolute atomic E-state index is 12.6. The van der Waals surface area contributed by atoms with E-state index in [2.05, 4.69) is 5.32 Å². The summed E-state index contributed by atoms with van der Waals surface area (Å²) in [7, 11) is 0. The average Bonchev–Trinajstić information content (AvgIpc) is 3.24. The Morgan fingerprint density at radius 1 is 0.955 bits per heavy atom. The fourth-order valence-corrected chi connectivity index (χ4v) is 3.39. The van der Waals surface area contributed by atoms with Crippen LogP contribution in [0.5, 0.6) is 0 Å². The molecule has 0 aliphatic carbocycles. The summed E-state index contributed by atoms with van der Waals surface area (Å²) in [4.78, 5) is 14.8. The lowest BCUT2D eigenvalue weighted by molar-refractivity contribution is -0.115. The van der Waals surface area contributed by atoms with E-state index in [1.165, 1.54) is 0 Å². The zero-order chi connectivity index (χ0) is 15.2. The van der Waals surface area contributed by atoms with Crippen LogP contribution in [0.4, 0.5) is 0 Å². The number of carbonyl (C=O) groups excluding carboxylic acids is 1. The number of carbonyl (C=O) groups is 1. The number of hydrogen-bond donors (Lipinski definition) is 1. The maximum Gasteiger partial charge on any atom is 0.252 e. The van der Waals surface area contributed by atoms with Crippen LogP contribution < -0.4 is 5.32 Å². The Balaban J connectivity index is 1.83. The molecule has 0 saturated carbocycles. The number of rotatable bonds is 5. The van der Waals surface area contributed by atoms with Crippen molar-refractivity contribution in [2.45, 2.75) is 6.54 Å². The van der Waals surface area contributed by atoms with E-state index in [1.807, 2.05) is 71.4 Å². The molecule has 0 radical (unpaired) electrons. The van der Waals surface area contributed by atoms with E-state index in [-0.39, 0.29) is 5.91 Å². The van der Waals surface area contributed by atoms with Gasteiger partial charge in [0.1, 0.15) is 0 Å². The molecule has 0 fully saturated rings. The first kappa shape index (κ1) is 14.8. The molecule has 0 saturated heterocycles. The number of nitrogens with one attached hydrogen (secondary N) is 1. The van der Waals surface area contributed by atoms with Crippen LogP contribution in [0.1, 0.15) is 15.3 Å². The fraction of sp³-hybridized carbons (Fsp3) is 0.0556. The first-order valence-corrected chi connectivity index (χ1v) is 8.70. The van der Waals surface area contributed by atoms with E-state index in [4.69, 9.17) is 0 Å². The minimum atomic E-state index is -0.0481. The fourth-order valence-electron chi connectivity index (χ4n) is 2.09. The third-order valence-corrected chi connectivity index (χ3v) is 4.86. The summed E-state index contributed by atoms with van der Waals surface area (Å²) in [5, 5.41) is 7.03. The molecule has 2 aromatic heterocycles. The van der Waals surface area contributed by atoms with Gasteiger partial charge in [-0.1, -0.05) is 42.5 Å². The summed E-state index contributed by atoms with van der Waals surface area (Å²) in [5.41, 5.74) is 1.62. The number of thiophene rings is 2. The highest BCUT2D eigenvalue weighted by Gasteiger charge is 2.12. The van der Waals surface area contributed by atoms with Crippen molar-refractivity contribution in [3.05, 3.63) is 80.7 Å². The van der Waals surface area contributed by atoms with Gasteiger partial charge in [-0.3, -0.25) is 4.79 Å². The normalized spacial score (nSPS) is 11.4. The van der Waals surface area contributed by atoms with Crippen molar-refractivity contribution in [2.75, 3.05) is 0 Å². The van der Waals surface area contributed by atoms with Gasteiger partial charge in [0.05, 0.1) is 6.54 Å². The Labute approximate surface area is 137 Å².